The molecule has 2 saturated carbocycles. The third kappa shape index (κ3) is 2.57. The normalized spacial score (nSPS) is 28.3. The molecule has 4 N–H and O–H groups in total. The van der Waals surface area contributed by atoms with Gasteiger partial charge >= 0.3 is 0 Å². The molecule has 0 radical (unpaired) electrons. The number of hydrogen-bond donors (Lipinski definition) is 2. The standard InChI is InChI=1S/C14H28N2O2/c15-17-13(9-5-1-2-6-10-13)14(18-16)11-7-3-4-8-12-14/h1-12,15-16H2. The smallest absolute Gasteiger partial charge is 0.120 e. The van der Waals surface area contributed by atoms with Crippen LogP contribution >= 0.6 is 0 Å². The molecule has 0 aromatic heterocycles. The molecule has 0 saturated heterocycles. The van der Waals surface area contributed by atoms with Crippen LogP contribution in [-0.4, -0.2) is 11.2 Å². The van der Waals surface area contributed by atoms with E-state index in [1.54, 1.807) is 0 Å². The first-order valence-corrected chi connectivity index (χ1v) is 7.54. The SMILES string of the molecule is NOC1(C2(ON)CCCCCC2)CCCCCC1. The van der Waals surface area contributed by atoms with Crippen molar-refractivity contribution in [3.8, 4) is 0 Å². The van der Waals surface area contributed by atoms with Crippen molar-refractivity contribution in [1.82, 2.24) is 0 Å². The van der Waals surface area contributed by atoms with Crippen LogP contribution in [0.25, 0.3) is 0 Å². The predicted octanol–water partition coefficient (Wildman–Crippen LogP) is 2.95. The van der Waals surface area contributed by atoms with E-state index >= 15 is 0 Å². The van der Waals surface area contributed by atoms with Crippen molar-refractivity contribution in [2.75, 3.05) is 0 Å². The van der Waals surface area contributed by atoms with Gasteiger partial charge in [0.05, 0.1) is 0 Å². The molecule has 0 atom stereocenters. The first-order valence-electron chi connectivity index (χ1n) is 7.54. The molecule has 0 aromatic carbocycles. The summed E-state index contributed by atoms with van der Waals surface area (Å²) in [5.41, 5.74) is -0.717. The highest BCUT2D eigenvalue weighted by molar-refractivity contribution is 5.03. The zero-order valence-corrected chi connectivity index (χ0v) is 11.5. The van der Waals surface area contributed by atoms with Gasteiger partial charge in [-0.2, -0.15) is 0 Å². The molecule has 0 aromatic rings. The van der Waals surface area contributed by atoms with E-state index in [0.29, 0.717) is 0 Å². The van der Waals surface area contributed by atoms with Gasteiger partial charge < -0.3 is 0 Å². The summed E-state index contributed by atoms with van der Waals surface area (Å²) in [5, 5.41) is 0. The highest BCUT2D eigenvalue weighted by Crippen LogP contribution is 2.46. The second kappa shape index (κ2) is 6.33. The average molecular weight is 256 g/mol. The van der Waals surface area contributed by atoms with Crippen molar-refractivity contribution in [3.05, 3.63) is 0 Å². The van der Waals surface area contributed by atoms with Crippen LogP contribution in [0, 0.1) is 0 Å². The first-order chi connectivity index (χ1) is 8.79. The van der Waals surface area contributed by atoms with Crippen LogP contribution in [0.2, 0.25) is 0 Å². The topological polar surface area (TPSA) is 70.5 Å². The molecule has 0 bridgehead atoms. The molecular formula is C14H28N2O2. The number of hydrogen-bond acceptors (Lipinski definition) is 4. The summed E-state index contributed by atoms with van der Waals surface area (Å²) in [6.45, 7) is 0. The molecule has 2 rings (SSSR count). The van der Waals surface area contributed by atoms with E-state index in [1.165, 1.54) is 51.4 Å². The molecule has 0 heterocycles. The Morgan fingerprint density at radius 3 is 1.00 bits per heavy atom. The minimum atomic E-state index is -0.359. The first kappa shape index (κ1) is 14.3. The van der Waals surface area contributed by atoms with Crippen molar-refractivity contribution >= 4 is 0 Å². The number of nitrogens with two attached hydrogens (primary N) is 2. The van der Waals surface area contributed by atoms with Crippen molar-refractivity contribution in [2.24, 2.45) is 11.8 Å². The number of rotatable bonds is 3. The van der Waals surface area contributed by atoms with E-state index in [9.17, 15) is 0 Å². The Hall–Kier alpha value is -0.160. The third-order valence-corrected chi connectivity index (χ3v) is 5.10. The maximum atomic E-state index is 5.71. The summed E-state index contributed by atoms with van der Waals surface area (Å²) < 4.78 is 0. The van der Waals surface area contributed by atoms with E-state index in [2.05, 4.69) is 0 Å². The Morgan fingerprint density at radius 2 is 0.778 bits per heavy atom. The van der Waals surface area contributed by atoms with E-state index < -0.39 is 0 Å². The Balaban J connectivity index is 2.24. The van der Waals surface area contributed by atoms with Crippen molar-refractivity contribution < 1.29 is 9.68 Å². The Morgan fingerprint density at radius 1 is 0.500 bits per heavy atom. The fraction of sp³-hybridized carbons (Fsp3) is 1.00. The second-order valence-corrected chi connectivity index (χ2v) is 6.05. The molecule has 0 amide bonds. The summed E-state index contributed by atoms with van der Waals surface area (Å²) in [6.07, 6.45) is 13.7. The lowest BCUT2D eigenvalue weighted by Gasteiger charge is -2.47. The second-order valence-electron chi connectivity index (χ2n) is 6.05. The Labute approximate surface area is 110 Å². The van der Waals surface area contributed by atoms with Crippen molar-refractivity contribution in [3.63, 3.8) is 0 Å². The van der Waals surface area contributed by atoms with Gasteiger partial charge in [-0.05, 0) is 25.7 Å². The molecule has 2 aliphatic carbocycles. The molecule has 0 unspecified atom stereocenters. The van der Waals surface area contributed by atoms with Gasteiger partial charge in [0, 0.05) is 0 Å². The zero-order chi connectivity index (χ0) is 12.9. The Bertz CT molecular complexity index is 216. The van der Waals surface area contributed by atoms with E-state index in [-0.39, 0.29) is 11.2 Å². The third-order valence-electron chi connectivity index (χ3n) is 5.10. The van der Waals surface area contributed by atoms with Gasteiger partial charge in [0.2, 0.25) is 0 Å². The van der Waals surface area contributed by atoms with Crippen LogP contribution in [0.1, 0.15) is 77.0 Å². The van der Waals surface area contributed by atoms with E-state index in [1.807, 2.05) is 0 Å². The average Bonchev–Trinajstić information content (AvgIpc) is 2.80. The van der Waals surface area contributed by atoms with Gasteiger partial charge in [0.25, 0.3) is 0 Å². The minimum absolute atomic E-state index is 0.359. The highest BCUT2D eigenvalue weighted by atomic mass is 16.7. The molecule has 4 heteroatoms. The van der Waals surface area contributed by atoms with Gasteiger partial charge in [0.15, 0.2) is 0 Å². The van der Waals surface area contributed by atoms with Gasteiger partial charge in [-0.25, -0.2) is 11.8 Å². The van der Waals surface area contributed by atoms with Crippen LogP contribution in [0.5, 0.6) is 0 Å². The van der Waals surface area contributed by atoms with E-state index in [4.69, 9.17) is 21.5 Å². The lowest BCUT2D eigenvalue weighted by molar-refractivity contribution is -0.226. The maximum absolute atomic E-state index is 5.71. The molecule has 106 valence electrons. The molecule has 0 spiro atoms. The molecule has 18 heavy (non-hydrogen) atoms. The monoisotopic (exact) mass is 256 g/mol. The largest absolute Gasteiger partial charge is 0.295 e. The summed E-state index contributed by atoms with van der Waals surface area (Å²) in [4.78, 5) is 11.1. The quantitative estimate of drug-likeness (QED) is 0.601. The van der Waals surface area contributed by atoms with Crippen molar-refractivity contribution in [2.45, 2.75) is 88.3 Å². The minimum Gasteiger partial charge on any atom is -0.295 e. The van der Waals surface area contributed by atoms with Gasteiger partial charge in [-0.3, -0.25) is 9.68 Å². The van der Waals surface area contributed by atoms with Crippen molar-refractivity contribution in [1.29, 1.82) is 0 Å². The molecule has 0 aliphatic heterocycles. The van der Waals surface area contributed by atoms with Crippen LogP contribution in [-0.2, 0) is 9.68 Å². The Kier molecular flexibility index (Phi) is 5.01. The lowest BCUT2D eigenvalue weighted by Crippen LogP contribution is -2.59. The molecular weight excluding hydrogens is 228 g/mol. The van der Waals surface area contributed by atoms with E-state index in [0.717, 1.165) is 25.7 Å². The van der Waals surface area contributed by atoms with Gasteiger partial charge in [0.1, 0.15) is 11.2 Å². The zero-order valence-electron chi connectivity index (χ0n) is 11.5. The van der Waals surface area contributed by atoms with Gasteiger partial charge in [-0.15, -0.1) is 0 Å². The molecule has 2 fully saturated rings. The van der Waals surface area contributed by atoms with Gasteiger partial charge in [-0.1, -0.05) is 51.4 Å². The summed E-state index contributed by atoms with van der Waals surface area (Å²) in [7, 11) is 0. The van der Waals surface area contributed by atoms with Crippen LogP contribution < -0.4 is 11.8 Å². The highest BCUT2D eigenvalue weighted by Gasteiger charge is 2.53. The fourth-order valence-electron chi connectivity index (χ4n) is 3.96. The summed E-state index contributed by atoms with van der Waals surface area (Å²) in [6, 6.07) is 0. The maximum Gasteiger partial charge on any atom is 0.120 e. The molecule has 2 aliphatic rings. The van der Waals surface area contributed by atoms with Crippen LogP contribution in [0.4, 0.5) is 0 Å². The predicted molar refractivity (Wildman–Crippen MR) is 71.4 cm³/mol. The molecule has 4 nitrogen and oxygen atoms in total. The van der Waals surface area contributed by atoms with Crippen LogP contribution in [0.15, 0.2) is 0 Å². The van der Waals surface area contributed by atoms with Crippen LogP contribution in [0.3, 0.4) is 0 Å². The summed E-state index contributed by atoms with van der Waals surface area (Å²) in [5.74, 6) is 11.4. The lowest BCUT2D eigenvalue weighted by atomic mass is 9.73. The summed E-state index contributed by atoms with van der Waals surface area (Å²) >= 11 is 0. The fourth-order valence-corrected chi connectivity index (χ4v) is 3.96.